The smallest absolute Gasteiger partial charge is 0.234 e. The fraction of sp³-hybridized carbons (Fsp3) is 0.267. The van der Waals surface area contributed by atoms with Gasteiger partial charge in [0.1, 0.15) is 28.5 Å². The molecule has 1 aromatic heterocycles. The standard InChI is InChI=1S/C15H13F2NO2S/c1-9-2-5-13(20-9)15-18(14(19)8-21-15)7-10-3-4-11(16)6-12(10)17/h2-6,15H,7-8H2,1H3. The van der Waals surface area contributed by atoms with Crippen molar-refractivity contribution in [2.75, 3.05) is 5.75 Å². The lowest BCUT2D eigenvalue weighted by atomic mass is 10.2. The molecule has 1 amide bonds. The van der Waals surface area contributed by atoms with E-state index < -0.39 is 11.6 Å². The number of hydrogen-bond acceptors (Lipinski definition) is 3. The molecule has 2 aromatic rings. The summed E-state index contributed by atoms with van der Waals surface area (Å²) in [5.41, 5.74) is 0.292. The fourth-order valence-corrected chi connectivity index (χ4v) is 3.41. The molecular formula is C15H13F2NO2S. The predicted molar refractivity (Wildman–Crippen MR) is 75.6 cm³/mol. The number of benzene rings is 1. The van der Waals surface area contributed by atoms with Crippen molar-refractivity contribution in [3.63, 3.8) is 0 Å². The second-order valence-corrected chi connectivity index (χ2v) is 5.94. The van der Waals surface area contributed by atoms with Crippen LogP contribution in [0.25, 0.3) is 0 Å². The van der Waals surface area contributed by atoms with Gasteiger partial charge in [-0.05, 0) is 25.1 Å². The largest absolute Gasteiger partial charge is 0.463 e. The third kappa shape index (κ3) is 2.81. The molecule has 0 spiro atoms. The zero-order chi connectivity index (χ0) is 15.0. The Bertz CT molecular complexity index is 686. The van der Waals surface area contributed by atoms with Crippen molar-refractivity contribution in [1.82, 2.24) is 4.90 Å². The van der Waals surface area contributed by atoms with Gasteiger partial charge in [-0.25, -0.2) is 8.78 Å². The Hall–Kier alpha value is -1.82. The van der Waals surface area contributed by atoms with Gasteiger partial charge in [0, 0.05) is 11.6 Å². The summed E-state index contributed by atoms with van der Waals surface area (Å²) in [4.78, 5) is 13.6. The zero-order valence-corrected chi connectivity index (χ0v) is 12.1. The molecule has 1 aromatic carbocycles. The highest BCUT2D eigenvalue weighted by Crippen LogP contribution is 2.40. The van der Waals surface area contributed by atoms with Gasteiger partial charge in [0.2, 0.25) is 5.91 Å². The van der Waals surface area contributed by atoms with Crippen LogP contribution in [-0.2, 0) is 11.3 Å². The summed E-state index contributed by atoms with van der Waals surface area (Å²) < 4.78 is 32.3. The van der Waals surface area contributed by atoms with Crippen LogP contribution in [0.3, 0.4) is 0 Å². The third-order valence-electron chi connectivity index (χ3n) is 3.33. The van der Waals surface area contributed by atoms with Crippen molar-refractivity contribution in [3.05, 3.63) is 59.1 Å². The molecule has 0 aliphatic carbocycles. The van der Waals surface area contributed by atoms with E-state index in [-0.39, 0.29) is 17.8 Å². The minimum absolute atomic E-state index is 0.0808. The lowest BCUT2D eigenvalue weighted by Crippen LogP contribution is -2.28. The minimum Gasteiger partial charge on any atom is -0.463 e. The Morgan fingerprint density at radius 3 is 2.81 bits per heavy atom. The summed E-state index contributed by atoms with van der Waals surface area (Å²) in [7, 11) is 0. The molecule has 1 atom stereocenters. The minimum atomic E-state index is -0.644. The highest BCUT2D eigenvalue weighted by Gasteiger charge is 2.35. The van der Waals surface area contributed by atoms with Crippen LogP contribution in [0.2, 0.25) is 0 Å². The van der Waals surface area contributed by atoms with Gasteiger partial charge < -0.3 is 9.32 Å². The van der Waals surface area contributed by atoms with E-state index in [1.54, 1.807) is 4.90 Å². The maximum absolute atomic E-state index is 13.8. The number of rotatable bonds is 3. The van der Waals surface area contributed by atoms with Gasteiger partial charge in [0.25, 0.3) is 0 Å². The highest BCUT2D eigenvalue weighted by molar-refractivity contribution is 8.00. The van der Waals surface area contributed by atoms with Gasteiger partial charge in [-0.15, -0.1) is 11.8 Å². The van der Waals surface area contributed by atoms with Gasteiger partial charge in [-0.2, -0.15) is 0 Å². The number of nitrogens with zero attached hydrogens (tertiary/aromatic N) is 1. The molecule has 1 fully saturated rings. The monoisotopic (exact) mass is 309 g/mol. The molecule has 21 heavy (non-hydrogen) atoms. The first-order chi connectivity index (χ1) is 10.0. The molecule has 0 N–H and O–H groups in total. The van der Waals surface area contributed by atoms with Gasteiger partial charge in [0.05, 0.1) is 12.3 Å². The normalized spacial score (nSPS) is 18.5. The van der Waals surface area contributed by atoms with Crippen molar-refractivity contribution in [3.8, 4) is 0 Å². The van der Waals surface area contributed by atoms with Gasteiger partial charge in [0.15, 0.2) is 0 Å². The van der Waals surface area contributed by atoms with Crippen molar-refractivity contribution in [2.24, 2.45) is 0 Å². The maximum Gasteiger partial charge on any atom is 0.234 e. The van der Waals surface area contributed by atoms with Crippen molar-refractivity contribution in [1.29, 1.82) is 0 Å². The summed E-state index contributed by atoms with van der Waals surface area (Å²) in [6.07, 6.45) is 0. The summed E-state index contributed by atoms with van der Waals surface area (Å²) in [6, 6.07) is 7.04. The first-order valence-electron chi connectivity index (χ1n) is 6.46. The van der Waals surface area contributed by atoms with Crippen molar-refractivity contribution in [2.45, 2.75) is 18.8 Å². The van der Waals surface area contributed by atoms with Gasteiger partial charge >= 0.3 is 0 Å². The first kappa shape index (κ1) is 14.1. The second kappa shape index (κ2) is 5.52. The number of thioether (sulfide) groups is 1. The molecule has 1 aliphatic rings. The van der Waals surface area contributed by atoms with Crippen molar-refractivity contribution < 1.29 is 18.0 Å². The van der Waals surface area contributed by atoms with Crippen LogP contribution in [0.15, 0.2) is 34.7 Å². The molecule has 6 heteroatoms. The van der Waals surface area contributed by atoms with Crippen LogP contribution in [0.4, 0.5) is 8.78 Å². The Morgan fingerprint density at radius 1 is 1.33 bits per heavy atom. The molecule has 3 rings (SSSR count). The van der Waals surface area contributed by atoms with Gasteiger partial charge in [-0.1, -0.05) is 6.07 Å². The molecule has 110 valence electrons. The van der Waals surface area contributed by atoms with Gasteiger partial charge in [-0.3, -0.25) is 4.79 Å². The van der Waals surface area contributed by atoms with Crippen LogP contribution in [-0.4, -0.2) is 16.6 Å². The lowest BCUT2D eigenvalue weighted by molar-refractivity contribution is -0.128. The second-order valence-electron chi connectivity index (χ2n) is 4.87. The molecule has 1 unspecified atom stereocenters. The lowest BCUT2D eigenvalue weighted by Gasteiger charge is -2.22. The Kier molecular flexibility index (Phi) is 3.71. The van der Waals surface area contributed by atoms with Crippen LogP contribution in [0.1, 0.15) is 22.5 Å². The fourth-order valence-electron chi connectivity index (χ4n) is 2.28. The molecular weight excluding hydrogens is 296 g/mol. The summed E-state index contributed by atoms with van der Waals surface area (Å²) in [6.45, 7) is 1.93. The van der Waals surface area contributed by atoms with E-state index >= 15 is 0 Å². The van der Waals surface area contributed by atoms with E-state index in [9.17, 15) is 13.6 Å². The topological polar surface area (TPSA) is 33.5 Å². The van der Waals surface area contributed by atoms with Crippen LogP contribution < -0.4 is 0 Å². The molecule has 1 aliphatic heterocycles. The number of carbonyl (C=O) groups is 1. The van der Waals surface area contributed by atoms with E-state index in [4.69, 9.17) is 4.42 Å². The van der Waals surface area contributed by atoms with E-state index in [0.29, 0.717) is 17.1 Å². The average molecular weight is 309 g/mol. The summed E-state index contributed by atoms with van der Waals surface area (Å²) in [5.74, 6) is 0.407. The Balaban J connectivity index is 1.86. The van der Waals surface area contributed by atoms with Crippen LogP contribution >= 0.6 is 11.8 Å². The number of aryl methyl sites for hydroxylation is 1. The average Bonchev–Trinajstić information content (AvgIpc) is 3.00. The highest BCUT2D eigenvalue weighted by atomic mass is 32.2. The quantitative estimate of drug-likeness (QED) is 0.868. The molecule has 0 bridgehead atoms. The van der Waals surface area contributed by atoms with E-state index in [2.05, 4.69) is 0 Å². The number of carbonyl (C=O) groups excluding carboxylic acids is 1. The molecule has 2 heterocycles. The number of amides is 1. The van der Waals surface area contributed by atoms with E-state index in [1.165, 1.54) is 23.9 Å². The number of hydrogen-bond donors (Lipinski definition) is 0. The Morgan fingerprint density at radius 2 is 2.14 bits per heavy atom. The molecule has 0 saturated carbocycles. The third-order valence-corrected chi connectivity index (χ3v) is 4.54. The maximum atomic E-state index is 13.8. The Labute approximate surface area is 124 Å². The molecule has 0 radical (unpaired) electrons. The summed E-state index contributed by atoms with van der Waals surface area (Å²) >= 11 is 1.44. The van der Waals surface area contributed by atoms with Crippen molar-refractivity contribution >= 4 is 17.7 Å². The van der Waals surface area contributed by atoms with Crippen LogP contribution in [0, 0.1) is 18.6 Å². The zero-order valence-electron chi connectivity index (χ0n) is 11.3. The number of halogens is 2. The molecule has 1 saturated heterocycles. The number of furan rings is 1. The predicted octanol–water partition coefficient (Wildman–Crippen LogP) is 3.64. The molecule has 3 nitrogen and oxygen atoms in total. The van der Waals surface area contributed by atoms with Crippen LogP contribution in [0.5, 0.6) is 0 Å². The first-order valence-corrected chi connectivity index (χ1v) is 7.51. The SMILES string of the molecule is Cc1ccc(C2SCC(=O)N2Cc2ccc(F)cc2F)o1. The van der Waals surface area contributed by atoms with E-state index in [0.717, 1.165) is 11.8 Å². The summed E-state index contributed by atoms with van der Waals surface area (Å²) in [5, 5.41) is -0.268. The van der Waals surface area contributed by atoms with E-state index in [1.807, 2.05) is 19.1 Å².